The zero-order chi connectivity index (χ0) is 5.86. The van der Waals surface area contributed by atoms with Crippen LogP contribution >= 0.6 is 23.2 Å². The summed E-state index contributed by atoms with van der Waals surface area (Å²) in [5, 5.41) is 0. The molecule has 7 heavy (non-hydrogen) atoms. The summed E-state index contributed by atoms with van der Waals surface area (Å²) in [6.45, 7) is 1.27. The van der Waals surface area contributed by atoms with Gasteiger partial charge >= 0.3 is 0 Å². The average Bonchev–Trinajstić information content (AvgIpc) is 1.27. The Bertz CT molecular complexity index is 106. The van der Waals surface area contributed by atoms with Crippen molar-refractivity contribution in [3.63, 3.8) is 0 Å². The zero-order valence-electron chi connectivity index (χ0n) is 3.61. The Kier molecular flexibility index (Phi) is 2.96. The standard InChI is InChI=1S/C3H3Cl2NO/c1-2(7)6-3(4)5/h1H3. The normalized spacial score (nSPS) is 7.86. The van der Waals surface area contributed by atoms with Crippen molar-refractivity contribution in [3.8, 4) is 0 Å². The smallest absolute Gasteiger partial charge is 0.244 e. The fraction of sp³-hybridized carbons (Fsp3) is 0.333. The van der Waals surface area contributed by atoms with E-state index < -0.39 is 0 Å². The van der Waals surface area contributed by atoms with Gasteiger partial charge in [0, 0.05) is 6.92 Å². The Morgan fingerprint density at radius 3 is 2.00 bits per heavy atom. The van der Waals surface area contributed by atoms with Crippen molar-refractivity contribution >= 4 is 33.7 Å². The van der Waals surface area contributed by atoms with Crippen molar-refractivity contribution in [2.75, 3.05) is 0 Å². The highest BCUT2D eigenvalue weighted by atomic mass is 35.5. The number of aliphatic imine (C=N–C) groups is 1. The molecule has 0 N–H and O–H groups in total. The third-order valence-electron chi connectivity index (χ3n) is 0.242. The van der Waals surface area contributed by atoms with Gasteiger partial charge in [0.15, 0.2) is 4.63 Å². The fourth-order valence-corrected chi connectivity index (χ4v) is 0.357. The Labute approximate surface area is 51.1 Å². The Morgan fingerprint density at radius 1 is 1.57 bits per heavy atom. The lowest BCUT2D eigenvalue weighted by Gasteiger charge is -1.75. The molecule has 0 aliphatic carbocycles. The van der Waals surface area contributed by atoms with Crippen LogP contribution in [0.2, 0.25) is 0 Å². The topological polar surface area (TPSA) is 29.4 Å². The predicted octanol–water partition coefficient (Wildman–Crippen LogP) is 1.37. The summed E-state index contributed by atoms with van der Waals surface area (Å²) < 4.78 is -0.243. The predicted molar refractivity (Wildman–Crippen MR) is 29.8 cm³/mol. The molecule has 0 bridgehead atoms. The monoisotopic (exact) mass is 139 g/mol. The van der Waals surface area contributed by atoms with E-state index in [4.69, 9.17) is 23.2 Å². The maximum absolute atomic E-state index is 9.90. The largest absolute Gasteiger partial charge is 0.273 e. The SMILES string of the molecule is CC(=O)N=C(Cl)Cl. The van der Waals surface area contributed by atoms with E-state index >= 15 is 0 Å². The molecule has 2 nitrogen and oxygen atoms in total. The van der Waals surface area contributed by atoms with Gasteiger partial charge in [-0.3, -0.25) is 4.79 Å². The minimum Gasteiger partial charge on any atom is -0.273 e. The van der Waals surface area contributed by atoms with Gasteiger partial charge in [-0.1, -0.05) is 0 Å². The summed E-state index contributed by atoms with van der Waals surface area (Å²) in [5.74, 6) is -0.389. The Morgan fingerprint density at radius 2 is 2.00 bits per heavy atom. The van der Waals surface area contributed by atoms with Gasteiger partial charge in [-0.25, -0.2) is 0 Å². The maximum Gasteiger partial charge on any atom is 0.244 e. The van der Waals surface area contributed by atoms with Gasteiger partial charge in [0.05, 0.1) is 0 Å². The molecule has 0 fully saturated rings. The lowest BCUT2D eigenvalue weighted by molar-refractivity contribution is -0.115. The number of nitrogens with zero attached hydrogens (tertiary/aromatic N) is 1. The molecule has 0 aromatic carbocycles. The summed E-state index contributed by atoms with van der Waals surface area (Å²) in [7, 11) is 0. The van der Waals surface area contributed by atoms with Gasteiger partial charge in [-0.2, -0.15) is 4.99 Å². The summed E-state index contributed by atoms with van der Waals surface area (Å²) in [6.07, 6.45) is 0. The zero-order valence-corrected chi connectivity index (χ0v) is 5.12. The second-order valence-electron chi connectivity index (χ2n) is 0.871. The molecule has 0 aromatic rings. The Hall–Kier alpha value is -0.0800. The van der Waals surface area contributed by atoms with Gasteiger partial charge in [-0.15, -0.1) is 0 Å². The average molecular weight is 140 g/mol. The molecule has 1 amide bonds. The van der Waals surface area contributed by atoms with Crippen LogP contribution in [0.4, 0.5) is 0 Å². The van der Waals surface area contributed by atoms with Crippen LogP contribution in [-0.2, 0) is 4.79 Å². The summed E-state index contributed by atoms with van der Waals surface area (Å²) in [4.78, 5) is 13.0. The molecule has 0 spiro atoms. The van der Waals surface area contributed by atoms with Crippen LogP contribution in [0.5, 0.6) is 0 Å². The van der Waals surface area contributed by atoms with E-state index in [1.54, 1.807) is 0 Å². The molecular formula is C3H3Cl2NO. The maximum atomic E-state index is 9.90. The fourth-order valence-electron chi connectivity index (χ4n) is 0.119. The van der Waals surface area contributed by atoms with E-state index in [1.165, 1.54) is 6.92 Å². The van der Waals surface area contributed by atoms with E-state index in [-0.39, 0.29) is 10.5 Å². The molecule has 0 aliphatic heterocycles. The van der Waals surface area contributed by atoms with Crippen LogP contribution in [0.3, 0.4) is 0 Å². The minimum atomic E-state index is -0.389. The highest BCUT2D eigenvalue weighted by molar-refractivity contribution is 6.95. The number of hydrogen-bond acceptors (Lipinski definition) is 1. The van der Waals surface area contributed by atoms with Gasteiger partial charge in [0.1, 0.15) is 0 Å². The molecule has 0 saturated carbocycles. The highest BCUT2D eigenvalue weighted by Gasteiger charge is 1.86. The molecule has 0 radical (unpaired) electrons. The van der Waals surface area contributed by atoms with E-state index in [0.29, 0.717) is 0 Å². The van der Waals surface area contributed by atoms with Crippen LogP contribution in [-0.4, -0.2) is 10.5 Å². The van der Waals surface area contributed by atoms with Crippen LogP contribution in [0.25, 0.3) is 0 Å². The second-order valence-corrected chi connectivity index (χ2v) is 1.78. The van der Waals surface area contributed by atoms with E-state index in [0.717, 1.165) is 0 Å². The molecule has 0 rings (SSSR count). The highest BCUT2D eigenvalue weighted by Crippen LogP contribution is 1.90. The first-order chi connectivity index (χ1) is 3.13. The molecule has 0 atom stereocenters. The molecule has 4 heteroatoms. The first-order valence-electron chi connectivity index (χ1n) is 1.53. The number of carbonyl (C=O) groups is 1. The van der Waals surface area contributed by atoms with Gasteiger partial charge in [0.25, 0.3) is 0 Å². The van der Waals surface area contributed by atoms with Crippen LogP contribution in [0.15, 0.2) is 4.99 Å². The molecule has 0 heterocycles. The summed E-state index contributed by atoms with van der Waals surface area (Å²) in [5.41, 5.74) is 0. The summed E-state index contributed by atoms with van der Waals surface area (Å²) >= 11 is 9.93. The second kappa shape index (κ2) is 2.99. The molecule has 0 saturated heterocycles. The molecule has 0 aliphatic rings. The van der Waals surface area contributed by atoms with Crippen LogP contribution < -0.4 is 0 Å². The number of hydrogen-bond donors (Lipinski definition) is 0. The van der Waals surface area contributed by atoms with E-state index in [9.17, 15) is 4.79 Å². The summed E-state index contributed by atoms with van der Waals surface area (Å²) in [6, 6.07) is 0. The number of rotatable bonds is 0. The lowest BCUT2D eigenvalue weighted by Crippen LogP contribution is -1.83. The third kappa shape index (κ3) is 5.92. The van der Waals surface area contributed by atoms with Crippen molar-refractivity contribution in [3.05, 3.63) is 0 Å². The van der Waals surface area contributed by atoms with E-state index in [2.05, 4.69) is 4.99 Å². The number of amides is 1. The molecule has 0 aromatic heterocycles. The van der Waals surface area contributed by atoms with Crippen LogP contribution in [0.1, 0.15) is 6.92 Å². The minimum absolute atomic E-state index is 0.243. The molecular weight excluding hydrogens is 137 g/mol. The first-order valence-corrected chi connectivity index (χ1v) is 2.29. The van der Waals surface area contributed by atoms with Gasteiger partial charge < -0.3 is 0 Å². The quantitative estimate of drug-likeness (QED) is 0.467. The van der Waals surface area contributed by atoms with Crippen LogP contribution in [0, 0.1) is 0 Å². The van der Waals surface area contributed by atoms with Crippen molar-refractivity contribution in [2.45, 2.75) is 6.92 Å². The van der Waals surface area contributed by atoms with Crippen molar-refractivity contribution < 1.29 is 4.79 Å². The van der Waals surface area contributed by atoms with Crippen molar-refractivity contribution in [2.24, 2.45) is 4.99 Å². The lowest BCUT2D eigenvalue weighted by atomic mass is 10.8. The third-order valence-corrected chi connectivity index (χ3v) is 0.411. The van der Waals surface area contributed by atoms with Crippen molar-refractivity contribution in [1.29, 1.82) is 0 Å². The van der Waals surface area contributed by atoms with Gasteiger partial charge in [0.2, 0.25) is 5.91 Å². The number of halogens is 2. The molecule has 40 valence electrons. The molecule has 0 unspecified atom stereocenters. The first kappa shape index (κ1) is 6.92. The van der Waals surface area contributed by atoms with Gasteiger partial charge in [-0.05, 0) is 23.2 Å². The van der Waals surface area contributed by atoms with Crippen molar-refractivity contribution in [1.82, 2.24) is 0 Å². The Balaban J connectivity index is 3.68. The number of carbonyl (C=O) groups excluding carboxylic acids is 1. The van der Waals surface area contributed by atoms with E-state index in [1.807, 2.05) is 0 Å².